The first-order valence-corrected chi connectivity index (χ1v) is 6.99. The molecule has 0 spiro atoms. The van der Waals surface area contributed by atoms with Gasteiger partial charge in [0.25, 0.3) is 0 Å². The SMILES string of the molecule is CS(=O)(=O)C/C(=N\O)c1ccc(Cl)cc1Cl. The average molecular weight is 282 g/mol. The van der Waals surface area contributed by atoms with E-state index in [0.717, 1.165) is 6.26 Å². The molecule has 0 aliphatic rings. The molecule has 1 N–H and O–H groups in total. The highest BCUT2D eigenvalue weighted by Crippen LogP contribution is 2.22. The van der Waals surface area contributed by atoms with Gasteiger partial charge in [-0.2, -0.15) is 0 Å². The van der Waals surface area contributed by atoms with Gasteiger partial charge in [0.1, 0.15) is 5.71 Å². The molecule has 1 aromatic carbocycles. The van der Waals surface area contributed by atoms with E-state index in [4.69, 9.17) is 28.4 Å². The van der Waals surface area contributed by atoms with Crippen molar-refractivity contribution in [3.8, 4) is 0 Å². The number of oxime groups is 1. The fourth-order valence-corrected chi connectivity index (χ4v) is 2.36. The lowest BCUT2D eigenvalue weighted by Gasteiger charge is -2.05. The maximum Gasteiger partial charge on any atom is 0.153 e. The van der Waals surface area contributed by atoms with Crippen LogP contribution >= 0.6 is 23.2 Å². The van der Waals surface area contributed by atoms with Crippen LogP contribution in [0.3, 0.4) is 0 Å². The van der Waals surface area contributed by atoms with E-state index in [1.807, 2.05) is 0 Å². The second-order valence-corrected chi connectivity index (χ2v) is 6.22. The molecule has 0 saturated carbocycles. The van der Waals surface area contributed by atoms with Crippen LogP contribution in [0.5, 0.6) is 0 Å². The van der Waals surface area contributed by atoms with Crippen LogP contribution in [-0.2, 0) is 9.84 Å². The second kappa shape index (κ2) is 5.03. The minimum Gasteiger partial charge on any atom is -0.411 e. The average Bonchev–Trinajstić information content (AvgIpc) is 2.13. The molecule has 0 unspecified atom stereocenters. The van der Waals surface area contributed by atoms with Crippen LogP contribution in [0.4, 0.5) is 0 Å². The number of sulfone groups is 1. The van der Waals surface area contributed by atoms with E-state index >= 15 is 0 Å². The van der Waals surface area contributed by atoms with Crippen molar-refractivity contribution in [3.63, 3.8) is 0 Å². The highest BCUT2D eigenvalue weighted by Gasteiger charge is 2.15. The summed E-state index contributed by atoms with van der Waals surface area (Å²) in [5.41, 5.74) is 0.336. The Labute approximate surface area is 103 Å². The molecule has 0 heterocycles. The van der Waals surface area contributed by atoms with E-state index in [1.54, 1.807) is 0 Å². The molecule has 0 amide bonds. The highest BCUT2D eigenvalue weighted by molar-refractivity contribution is 7.91. The number of hydrogen-bond donors (Lipinski definition) is 1. The summed E-state index contributed by atoms with van der Waals surface area (Å²) in [5, 5.41) is 12.4. The van der Waals surface area contributed by atoms with Gasteiger partial charge in [0, 0.05) is 16.8 Å². The van der Waals surface area contributed by atoms with Gasteiger partial charge in [-0.25, -0.2) is 8.42 Å². The highest BCUT2D eigenvalue weighted by atomic mass is 35.5. The second-order valence-electron chi connectivity index (χ2n) is 3.24. The van der Waals surface area contributed by atoms with Gasteiger partial charge in [0.2, 0.25) is 0 Å². The van der Waals surface area contributed by atoms with Gasteiger partial charge >= 0.3 is 0 Å². The van der Waals surface area contributed by atoms with Gasteiger partial charge < -0.3 is 5.21 Å². The molecule has 0 bridgehead atoms. The van der Waals surface area contributed by atoms with Crippen LogP contribution < -0.4 is 0 Å². The minimum absolute atomic E-state index is 0.0100. The van der Waals surface area contributed by atoms with Crippen molar-refractivity contribution in [2.75, 3.05) is 12.0 Å². The van der Waals surface area contributed by atoms with Gasteiger partial charge in [-0.05, 0) is 12.1 Å². The summed E-state index contributed by atoms with van der Waals surface area (Å²) in [6, 6.07) is 4.49. The van der Waals surface area contributed by atoms with Crippen molar-refractivity contribution in [3.05, 3.63) is 33.8 Å². The van der Waals surface area contributed by atoms with Crippen LogP contribution in [0.2, 0.25) is 10.0 Å². The van der Waals surface area contributed by atoms with Crippen LogP contribution in [0.25, 0.3) is 0 Å². The summed E-state index contributed by atoms with van der Waals surface area (Å²) >= 11 is 11.6. The summed E-state index contributed by atoms with van der Waals surface area (Å²) < 4.78 is 22.2. The first-order chi connectivity index (χ1) is 7.33. The number of halogens is 2. The van der Waals surface area contributed by atoms with E-state index in [2.05, 4.69) is 5.16 Å². The number of nitrogens with zero attached hydrogens (tertiary/aromatic N) is 1. The van der Waals surface area contributed by atoms with E-state index in [1.165, 1.54) is 18.2 Å². The standard InChI is InChI=1S/C9H9Cl2NO3S/c1-16(14,15)5-9(12-13)7-3-2-6(10)4-8(7)11/h2-4,13H,5H2,1H3/b12-9+. The Kier molecular flexibility index (Phi) is 4.18. The summed E-state index contributed by atoms with van der Waals surface area (Å²) in [5.74, 6) is -0.384. The third-order valence-corrected chi connectivity index (χ3v) is 3.11. The van der Waals surface area contributed by atoms with Crippen molar-refractivity contribution >= 4 is 38.8 Å². The van der Waals surface area contributed by atoms with Gasteiger partial charge in [0.05, 0.1) is 10.8 Å². The Morgan fingerprint density at radius 2 is 2.06 bits per heavy atom. The predicted octanol–water partition coefficient (Wildman–Crippen LogP) is 2.22. The lowest BCUT2D eigenvalue weighted by atomic mass is 10.1. The molecule has 0 aromatic heterocycles. The summed E-state index contributed by atoms with van der Waals surface area (Å²) in [6.45, 7) is 0. The van der Waals surface area contributed by atoms with Crippen molar-refractivity contribution in [1.82, 2.24) is 0 Å². The Balaban J connectivity index is 3.16. The molecule has 88 valence electrons. The monoisotopic (exact) mass is 281 g/mol. The predicted molar refractivity (Wildman–Crippen MR) is 64.5 cm³/mol. The Bertz CT molecular complexity index is 526. The molecule has 4 nitrogen and oxygen atoms in total. The van der Waals surface area contributed by atoms with E-state index in [9.17, 15) is 8.42 Å². The van der Waals surface area contributed by atoms with E-state index in [-0.39, 0.29) is 16.5 Å². The van der Waals surface area contributed by atoms with Crippen LogP contribution in [-0.4, -0.2) is 31.3 Å². The topological polar surface area (TPSA) is 66.7 Å². The number of rotatable bonds is 3. The molecule has 0 fully saturated rings. The van der Waals surface area contributed by atoms with Crippen molar-refractivity contribution < 1.29 is 13.6 Å². The zero-order valence-electron chi connectivity index (χ0n) is 8.31. The lowest BCUT2D eigenvalue weighted by Crippen LogP contribution is -2.16. The molecule has 0 aliphatic carbocycles. The van der Waals surface area contributed by atoms with Crippen molar-refractivity contribution in [1.29, 1.82) is 0 Å². The normalized spacial score (nSPS) is 12.8. The molecular weight excluding hydrogens is 273 g/mol. The Hall–Kier alpha value is -0.780. The molecule has 0 radical (unpaired) electrons. The van der Waals surface area contributed by atoms with Crippen molar-refractivity contribution in [2.24, 2.45) is 5.16 Å². The van der Waals surface area contributed by atoms with Crippen LogP contribution in [0.1, 0.15) is 5.56 Å². The largest absolute Gasteiger partial charge is 0.411 e. The quantitative estimate of drug-likeness (QED) is 0.525. The molecule has 1 aromatic rings. The first kappa shape index (κ1) is 13.3. The molecule has 1 rings (SSSR count). The fourth-order valence-electron chi connectivity index (χ4n) is 1.13. The molecule has 7 heteroatoms. The zero-order valence-corrected chi connectivity index (χ0v) is 10.6. The molecule has 0 saturated heterocycles. The first-order valence-electron chi connectivity index (χ1n) is 4.17. The summed E-state index contributed by atoms with van der Waals surface area (Å²) in [4.78, 5) is 0. The minimum atomic E-state index is -3.29. The molecule has 16 heavy (non-hydrogen) atoms. The number of hydrogen-bond acceptors (Lipinski definition) is 4. The Morgan fingerprint density at radius 3 is 2.50 bits per heavy atom. The van der Waals surface area contributed by atoms with Crippen LogP contribution in [0, 0.1) is 0 Å². The maximum atomic E-state index is 11.1. The van der Waals surface area contributed by atoms with E-state index < -0.39 is 9.84 Å². The lowest BCUT2D eigenvalue weighted by molar-refractivity contribution is 0.319. The molecule has 0 atom stereocenters. The Morgan fingerprint density at radius 1 is 1.44 bits per heavy atom. The third-order valence-electron chi connectivity index (χ3n) is 1.76. The van der Waals surface area contributed by atoms with Crippen molar-refractivity contribution in [2.45, 2.75) is 0 Å². The molecular formula is C9H9Cl2NO3S. The summed E-state index contributed by atoms with van der Waals surface area (Å²) in [7, 11) is -3.29. The maximum absolute atomic E-state index is 11.1. The molecule has 0 aliphatic heterocycles. The van der Waals surface area contributed by atoms with Gasteiger partial charge in [-0.1, -0.05) is 34.4 Å². The van der Waals surface area contributed by atoms with Gasteiger partial charge in [0.15, 0.2) is 9.84 Å². The van der Waals surface area contributed by atoms with Gasteiger partial charge in [-0.3, -0.25) is 0 Å². The summed E-state index contributed by atoms with van der Waals surface area (Å²) in [6.07, 6.45) is 1.04. The number of benzene rings is 1. The third kappa shape index (κ3) is 3.66. The van der Waals surface area contributed by atoms with Crippen LogP contribution in [0.15, 0.2) is 23.4 Å². The van der Waals surface area contributed by atoms with Gasteiger partial charge in [-0.15, -0.1) is 0 Å². The fraction of sp³-hybridized carbons (Fsp3) is 0.222. The van der Waals surface area contributed by atoms with E-state index in [0.29, 0.717) is 10.6 Å². The smallest absolute Gasteiger partial charge is 0.153 e. The zero-order chi connectivity index (χ0) is 12.3.